The minimum atomic E-state index is 0.940. The van der Waals surface area contributed by atoms with E-state index >= 15 is 0 Å². The lowest BCUT2D eigenvalue weighted by Gasteiger charge is -1.90. The third kappa shape index (κ3) is 1.11. The monoisotopic (exact) mass is 199 g/mol. The molecule has 0 unspecified atom stereocenters. The molecule has 0 N–H and O–H groups in total. The maximum atomic E-state index is 4.46. The van der Waals surface area contributed by atoms with E-state index in [0.717, 1.165) is 11.4 Å². The van der Waals surface area contributed by atoms with Gasteiger partial charge in [-0.25, -0.2) is 4.99 Å². The molecular formula is C12H9NS. The molecule has 14 heavy (non-hydrogen) atoms. The zero-order valence-corrected chi connectivity index (χ0v) is 8.42. The lowest BCUT2D eigenvalue weighted by molar-refractivity contribution is 1.53. The highest BCUT2D eigenvalue weighted by Crippen LogP contribution is 2.39. The molecule has 0 spiro atoms. The van der Waals surface area contributed by atoms with Gasteiger partial charge in [0.15, 0.2) is 0 Å². The van der Waals surface area contributed by atoms with Gasteiger partial charge < -0.3 is 0 Å². The van der Waals surface area contributed by atoms with E-state index in [9.17, 15) is 0 Å². The first-order valence-electron chi connectivity index (χ1n) is 4.66. The second kappa shape index (κ2) is 3.07. The maximum absolute atomic E-state index is 4.46. The van der Waals surface area contributed by atoms with Crippen LogP contribution in [0.15, 0.2) is 35.3 Å². The topological polar surface area (TPSA) is 12.4 Å². The van der Waals surface area contributed by atoms with Gasteiger partial charge in [-0.05, 0) is 6.07 Å². The second-order valence-corrected chi connectivity index (χ2v) is 4.30. The highest BCUT2D eigenvalue weighted by atomic mass is 32.1. The number of thiophene rings is 1. The SMILES string of the molecule is C1=Cc2c(sc3ccccc23)N=CC1. The third-order valence-electron chi connectivity index (χ3n) is 2.35. The Morgan fingerprint density at radius 1 is 1.21 bits per heavy atom. The van der Waals surface area contributed by atoms with Crippen LogP contribution in [0.25, 0.3) is 16.2 Å². The Morgan fingerprint density at radius 3 is 3.14 bits per heavy atom. The van der Waals surface area contributed by atoms with Crippen molar-refractivity contribution in [2.75, 3.05) is 0 Å². The summed E-state index contributed by atoms with van der Waals surface area (Å²) in [5, 5.41) is 2.46. The molecule has 0 aliphatic carbocycles. The number of aliphatic imine (C=N–C) groups is 1. The van der Waals surface area contributed by atoms with Crippen LogP contribution in [0, 0.1) is 0 Å². The average Bonchev–Trinajstić information content (AvgIpc) is 2.42. The summed E-state index contributed by atoms with van der Waals surface area (Å²) < 4.78 is 1.32. The molecule has 1 aromatic heterocycles. The third-order valence-corrected chi connectivity index (χ3v) is 3.44. The van der Waals surface area contributed by atoms with Crippen molar-refractivity contribution in [3.8, 4) is 0 Å². The van der Waals surface area contributed by atoms with Gasteiger partial charge in [-0.2, -0.15) is 0 Å². The van der Waals surface area contributed by atoms with Gasteiger partial charge in [0.2, 0.25) is 0 Å². The molecule has 1 nitrogen and oxygen atoms in total. The molecule has 0 saturated carbocycles. The molecule has 0 bridgehead atoms. The molecule has 68 valence electrons. The molecule has 3 rings (SSSR count). The minimum absolute atomic E-state index is 0.940. The summed E-state index contributed by atoms with van der Waals surface area (Å²) in [5.74, 6) is 0. The number of benzene rings is 1. The van der Waals surface area contributed by atoms with E-state index < -0.39 is 0 Å². The van der Waals surface area contributed by atoms with Crippen molar-refractivity contribution in [2.24, 2.45) is 4.99 Å². The number of nitrogens with zero attached hydrogens (tertiary/aromatic N) is 1. The van der Waals surface area contributed by atoms with Crippen molar-refractivity contribution < 1.29 is 0 Å². The van der Waals surface area contributed by atoms with Crippen LogP contribution in [-0.2, 0) is 0 Å². The first-order valence-corrected chi connectivity index (χ1v) is 5.47. The zero-order valence-electron chi connectivity index (χ0n) is 7.60. The summed E-state index contributed by atoms with van der Waals surface area (Å²) >= 11 is 1.76. The molecule has 2 heteroatoms. The van der Waals surface area contributed by atoms with E-state index in [1.165, 1.54) is 15.6 Å². The summed E-state index contributed by atoms with van der Waals surface area (Å²) in [6.45, 7) is 0. The molecule has 0 saturated heterocycles. The van der Waals surface area contributed by atoms with Crippen LogP contribution < -0.4 is 0 Å². The second-order valence-electron chi connectivity index (χ2n) is 3.27. The van der Waals surface area contributed by atoms with Gasteiger partial charge in [-0.1, -0.05) is 30.4 Å². The van der Waals surface area contributed by atoms with Gasteiger partial charge in [-0.3, -0.25) is 0 Å². The van der Waals surface area contributed by atoms with E-state index in [1.807, 2.05) is 6.21 Å². The summed E-state index contributed by atoms with van der Waals surface area (Å²) in [5.41, 5.74) is 1.28. The average molecular weight is 199 g/mol. The number of rotatable bonds is 0. The summed E-state index contributed by atoms with van der Waals surface area (Å²) in [7, 11) is 0. The van der Waals surface area contributed by atoms with Crippen LogP contribution in [0.4, 0.5) is 5.00 Å². The summed E-state index contributed by atoms with van der Waals surface area (Å²) in [6.07, 6.45) is 7.25. The summed E-state index contributed by atoms with van der Waals surface area (Å²) in [4.78, 5) is 4.46. The molecule has 1 aliphatic heterocycles. The molecule has 2 aromatic rings. The lowest BCUT2D eigenvalue weighted by atomic mass is 10.1. The fourth-order valence-electron chi connectivity index (χ4n) is 1.69. The fraction of sp³-hybridized carbons (Fsp3) is 0.0833. The highest BCUT2D eigenvalue weighted by molar-refractivity contribution is 7.23. The molecule has 0 atom stereocenters. The molecule has 2 heterocycles. The smallest absolute Gasteiger partial charge is 0.124 e. The number of fused-ring (bicyclic) bond motifs is 3. The maximum Gasteiger partial charge on any atom is 0.124 e. The van der Waals surface area contributed by atoms with E-state index in [0.29, 0.717) is 0 Å². The zero-order chi connectivity index (χ0) is 9.38. The molecule has 0 radical (unpaired) electrons. The van der Waals surface area contributed by atoms with E-state index in [4.69, 9.17) is 0 Å². The predicted molar refractivity (Wildman–Crippen MR) is 63.6 cm³/mol. The Labute approximate surface area is 86.4 Å². The predicted octanol–water partition coefficient (Wildman–Crippen LogP) is 4.02. The van der Waals surface area contributed by atoms with Crippen LogP contribution in [0.1, 0.15) is 12.0 Å². The number of allylic oxidation sites excluding steroid dienone is 1. The minimum Gasteiger partial charge on any atom is -0.249 e. The molecular weight excluding hydrogens is 190 g/mol. The van der Waals surface area contributed by atoms with Crippen molar-refractivity contribution in [2.45, 2.75) is 6.42 Å². The molecule has 0 amide bonds. The molecule has 1 aliphatic rings. The van der Waals surface area contributed by atoms with Gasteiger partial charge in [-0.15, -0.1) is 11.3 Å². The van der Waals surface area contributed by atoms with Gasteiger partial charge in [0.1, 0.15) is 5.00 Å². The Kier molecular flexibility index (Phi) is 1.74. The Morgan fingerprint density at radius 2 is 2.14 bits per heavy atom. The van der Waals surface area contributed by atoms with Crippen molar-refractivity contribution >= 4 is 38.7 Å². The Hall–Kier alpha value is -1.41. The van der Waals surface area contributed by atoms with Gasteiger partial charge >= 0.3 is 0 Å². The van der Waals surface area contributed by atoms with Crippen LogP contribution >= 0.6 is 11.3 Å². The quantitative estimate of drug-likeness (QED) is 0.607. The normalized spacial score (nSPS) is 14.3. The number of hydrogen-bond acceptors (Lipinski definition) is 2. The van der Waals surface area contributed by atoms with Crippen molar-refractivity contribution in [3.05, 3.63) is 35.9 Å². The van der Waals surface area contributed by atoms with E-state index in [-0.39, 0.29) is 0 Å². The fourth-order valence-corrected chi connectivity index (χ4v) is 2.75. The van der Waals surface area contributed by atoms with Crippen LogP contribution in [-0.4, -0.2) is 6.21 Å². The van der Waals surface area contributed by atoms with Crippen molar-refractivity contribution in [1.29, 1.82) is 0 Å². The number of hydrogen-bond donors (Lipinski definition) is 0. The van der Waals surface area contributed by atoms with Crippen molar-refractivity contribution in [3.63, 3.8) is 0 Å². The van der Waals surface area contributed by atoms with Gasteiger partial charge in [0.05, 0.1) is 0 Å². The van der Waals surface area contributed by atoms with E-state index in [1.54, 1.807) is 11.3 Å². The largest absolute Gasteiger partial charge is 0.249 e. The summed E-state index contributed by atoms with van der Waals surface area (Å²) in [6, 6.07) is 8.47. The Balaban J connectivity index is 2.41. The van der Waals surface area contributed by atoms with Crippen LogP contribution in [0.3, 0.4) is 0 Å². The van der Waals surface area contributed by atoms with Gasteiger partial charge in [0, 0.05) is 28.3 Å². The van der Waals surface area contributed by atoms with Crippen molar-refractivity contribution in [1.82, 2.24) is 0 Å². The van der Waals surface area contributed by atoms with Gasteiger partial charge in [0.25, 0.3) is 0 Å². The first-order chi connectivity index (χ1) is 6.95. The lowest BCUT2D eigenvalue weighted by Crippen LogP contribution is -1.66. The molecule has 1 aromatic carbocycles. The van der Waals surface area contributed by atoms with Crippen LogP contribution in [0.2, 0.25) is 0 Å². The van der Waals surface area contributed by atoms with Crippen LogP contribution in [0.5, 0.6) is 0 Å². The highest BCUT2D eigenvalue weighted by Gasteiger charge is 2.08. The standard InChI is InChI=1S/C12H9NS/c1-2-7-11-9(5-1)10-6-3-4-8-13-12(10)14-11/h1-3,5-8H,4H2. The first kappa shape index (κ1) is 7.94. The Bertz CT molecular complexity index is 534. The molecule has 0 fully saturated rings. The van der Waals surface area contributed by atoms with E-state index in [2.05, 4.69) is 41.4 Å².